The molecule has 0 aliphatic rings. The summed E-state index contributed by atoms with van der Waals surface area (Å²) in [6, 6.07) is 10.5. The molecule has 0 spiro atoms. The van der Waals surface area contributed by atoms with Crippen LogP contribution in [0.4, 0.5) is 0 Å². The van der Waals surface area contributed by atoms with E-state index in [1.54, 1.807) is 6.07 Å². The van der Waals surface area contributed by atoms with Crippen LogP contribution in [0.25, 0.3) is 0 Å². The van der Waals surface area contributed by atoms with Crippen LogP contribution in [0.15, 0.2) is 58.3 Å². The van der Waals surface area contributed by atoms with Crippen molar-refractivity contribution in [3.05, 3.63) is 48.5 Å². The van der Waals surface area contributed by atoms with Crippen molar-refractivity contribution in [2.45, 2.75) is 9.79 Å². The number of ether oxygens (including phenoxy) is 1. The van der Waals surface area contributed by atoms with Crippen LogP contribution < -0.4 is 38.5 Å². The van der Waals surface area contributed by atoms with Crippen LogP contribution in [0.5, 0.6) is 11.5 Å². The summed E-state index contributed by atoms with van der Waals surface area (Å²) in [6.45, 7) is 0. The molecule has 0 saturated heterocycles. The summed E-state index contributed by atoms with van der Waals surface area (Å²) in [4.78, 5) is -0.496. The summed E-state index contributed by atoms with van der Waals surface area (Å²) >= 11 is 0. The fourth-order valence-electron chi connectivity index (χ4n) is 1.63. The average molecular weight is 368 g/mol. The topological polar surface area (TPSA) is 107 Å². The van der Waals surface area contributed by atoms with Gasteiger partial charge in [0.1, 0.15) is 4.90 Å². The molecule has 0 atom stereocenters. The molecule has 2 rings (SSSR count). The molecule has 2 aromatic carbocycles. The molecule has 0 amide bonds. The molecule has 0 radical (unpaired) electrons. The van der Waals surface area contributed by atoms with Crippen molar-refractivity contribution in [1.82, 2.24) is 0 Å². The van der Waals surface area contributed by atoms with E-state index in [2.05, 4.69) is 0 Å². The smallest absolute Gasteiger partial charge is 1.00 e. The van der Waals surface area contributed by atoms with E-state index < -0.39 is 25.1 Å². The Morgan fingerprint density at radius 1 is 0.913 bits per heavy atom. The summed E-state index contributed by atoms with van der Waals surface area (Å²) in [5.41, 5.74) is 0. The van der Waals surface area contributed by atoms with Crippen LogP contribution in [0, 0.1) is 0 Å². The molecule has 23 heavy (non-hydrogen) atoms. The van der Waals surface area contributed by atoms with E-state index >= 15 is 0 Å². The quantitative estimate of drug-likeness (QED) is 0.402. The van der Waals surface area contributed by atoms with Gasteiger partial charge in [-0.25, -0.2) is 0 Å². The molecule has 0 saturated carbocycles. The van der Waals surface area contributed by atoms with Gasteiger partial charge in [-0.1, -0.05) is 18.2 Å². The molecule has 0 unspecified atom stereocenters. The maximum atomic E-state index is 12.1. The molecule has 0 aliphatic carbocycles. The Bertz CT molecular complexity index is 884. The van der Waals surface area contributed by atoms with Gasteiger partial charge >= 0.3 is 39.7 Å². The van der Waals surface area contributed by atoms with Crippen LogP contribution >= 0.6 is 0 Å². The van der Waals surface area contributed by atoms with Gasteiger partial charge in [0.2, 0.25) is 0 Å². The first-order valence-electron chi connectivity index (χ1n) is 5.89. The second-order valence-corrected chi connectivity index (χ2v) is 7.11. The van der Waals surface area contributed by atoms with Crippen molar-refractivity contribution in [2.75, 3.05) is 7.11 Å². The minimum atomic E-state index is -4.43. The van der Waals surface area contributed by atoms with Crippen LogP contribution in [0.1, 0.15) is 1.43 Å². The third kappa shape index (κ3) is 4.93. The maximum Gasteiger partial charge on any atom is 1.00 e. The number of rotatable bonds is 5. The minimum Gasteiger partial charge on any atom is -1.00 e. The van der Waals surface area contributed by atoms with Gasteiger partial charge in [0.05, 0.1) is 12.0 Å². The molecule has 0 heterocycles. The first kappa shape index (κ1) is 19.9. The Balaban J connectivity index is 0.00000264. The molecular formula is C13H13NaO7S2. The van der Waals surface area contributed by atoms with Gasteiger partial charge in [-0.05, 0) is 24.3 Å². The molecule has 0 bridgehead atoms. The zero-order chi connectivity index (χ0) is 16.4. The SMILES string of the molecule is COc1cc(S(=O)(=O)O)ccc1OS(=O)(=O)c1ccccc1.[H-].[Na+]. The molecule has 10 heteroatoms. The molecular weight excluding hydrogens is 355 g/mol. The van der Waals surface area contributed by atoms with Gasteiger partial charge in [-0.15, -0.1) is 0 Å². The molecule has 120 valence electrons. The number of methoxy groups -OCH3 is 1. The van der Waals surface area contributed by atoms with Gasteiger partial charge in [0, 0.05) is 6.07 Å². The van der Waals surface area contributed by atoms with E-state index in [0.717, 1.165) is 18.2 Å². The summed E-state index contributed by atoms with van der Waals surface area (Å²) in [6.07, 6.45) is 0. The Hall–Kier alpha value is -1.10. The van der Waals surface area contributed by atoms with Gasteiger partial charge in [0.15, 0.2) is 11.5 Å². The van der Waals surface area contributed by atoms with Crippen LogP contribution in [0.2, 0.25) is 0 Å². The van der Waals surface area contributed by atoms with E-state index in [4.69, 9.17) is 13.5 Å². The summed E-state index contributed by atoms with van der Waals surface area (Å²) < 4.78 is 65.1. The van der Waals surface area contributed by atoms with Crippen LogP contribution in [0.3, 0.4) is 0 Å². The zero-order valence-corrected chi connectivity index (χ0v) is 16.0. The first-order chi connectivity index (χ1) is 10.2. The van der Waals surface area contributed by atoms with Crippen molar-refractivity contribution in [2.24, 2.45) is 0 Å². The van der Waals surface area contributed by atoms with E-state index in [9.17, 15) is 16.8 Å². The van der Waals surface area contributed by atoms with Crippen molar-refractivity contribution < 1.29 is 61.3 Å². The molecule has 0 aliphatic heterocycles. The average Bonchev–Trinajstić information content (AvgIpc) is 2.47. The fourth-order valence-corrected chi connectivity index (χ4v) is 3.09. The summed E-state index contributed by atoms with van der Waals surface area (Å²) in [5.74, 6) is -0.339. The summed E-state index contributed by atoms with van der Waals surface area (Å²) in [5, 5.41) is 0. The van der Waals surface area contributed by atoms with Gasteiger partial charge in [0.25, 0.3) is 10.1 Å². The Morgan fingerprint density at radius 2 is 1.52 bits per heavy atom. The monoisotopic (exact) mass is 368 g/mol. The van der Waals surface area contributed by atoms with Crippen molar-refractivity contribution >= 4 is 20.2 Å². The molecule has 0 fully saturated rings. The first-order valence-corrected chi connectivity index (χ1v) is 8.74. The van der Waals surface area contributed by atoms with Gasteiger partial charge in [-0.3, -0.25) is 4.55 Å². The number of hydrogen-bond acceptors (Lipinski definition) is 6. The molecule has 1 N–H and O–H groups in total. The van der Waals surface area contributed by atoms with Crippen molar-refractivity contribution in [3.63, 3.8) is 0 Å². The fraction of sp³-hybridized carbons (Fsp3) is 0.0769. The molecule has 0 aromatic heterocycles. The maximum absolute atomic E-state index is 12.1. The standard InChI is InChI=1S/C13H12O7S2.Na.H/c1-19-13-9-11(21(14,15)16)7-8-12(13)20-22(17,18)10-5-3-2-4-6-10;;/h2-9H,1H3,(H,14,15,16);;/q;+1;-1. The Kier molecular flexibility index (Phi) is 6.63. The third-order valence-electron chi connectivity index (χ3n) is 2.66. The van der Waals surface area contributed by atoms with Crippen LogP contribution in [-0.4, -0.2) is 28.5 Å². The van der Waals surface area contributed by atoms with E-state index in [-0.39, 0.29) is 47.4 Å². The predicted molar refractivity (Wildman–Crippen MR) is 78.2 cm³/mol. The largest absolute Gasteiger partial charge is 1.00 e. The van der Waals surface area contributed by atoms with Crippen LogP contribution in [-0.2, 0) is 20.2 Å². The minimum absolute atomic E-state index is 0. The Labute approximate surface area is 157 Å². The zero-order valence-electron chi connectivity index (χ0n) is 13.3. The normalized spacial score (nSPS) is 11.4. The van der Waals surface area contributed by atoms with E-state index in [0.29, 0.717) is 0 Å². The molecule has 2 aromatic rings. The third-order valence-corrected chi connectivity index (χ3v) is 4.76. The number of benzene rings is 2. The second-order valence-electron chi connectivity index (χ2n) is 4.14. The van der Waals surface area contributed by atoms with E-state index in [1.165, 1.54) is 31.4 Å². The second kappa shape index (κ2) is 7.65. The predicted octanol–water partition coefficient (Wildman–Crippen LogP) is -1.17. The Morgan fingerprint density at radius 3 is 2.04 bits per heavy atom. The van der Waals surface area contributed by atoms with Crippen molar-refractivity contribution in [1.29, 1.82) is 0 Å². The summed E-state index contributed by atoms with van der Waals surface area (Å²) in [7, 11) is -7.31. The molecule has 7 nitrogen and oxygen atoms in total. The number of hydrogen-bond donors (Lipinski definition) is 1. The van der Waals surface area contributed by atoms with Gasteiger partial charge in [-0.2, -0.15) is 16.8 Å². The van der Waals surface area contributed by atoms with E-state index in [1.807, 2.05) is 0 Å². The van der Waals surface area contributed by atoms with Crippen molar-refractivity contribution in [3.8, 4) is 11.5 Å². The van der Waals surface area contributed by atoms with Gasteiger partial charge < -0.3 is 10.3 Å².